The summed E-state index contributed by atoms with van der Waals surface area (Å²) in [5, 5.41) is 6.89. The van der Waals surface area contributed by atoms with Gasteiger partial charge in [0.2, 0.25) is 0 Å². The maximum atomic E-state index is 12.9. The normalized spacial score (nSPS) is 16.8. The molecular formula is C13H11FN2O. The van der Waals surface area contributed by atoms with Gasteiger partial charge in [0.25, 0.3) is 0 Å². The van der Waals surface area contributed by atoms with Crippen LogP contribution < -0.4 is 0 Å². The fraction of sp³-hybridized carbons (Fsp3) is 0.231. The first-order valence-corrected chi connectivity index (χ1v) is 5.51. The molecule has 1 aliphatic carbocycles. The second-order valence-electron chi connectivity index (χ2n) is 4.44. The molecule has 1 aromatic heterocycles. The van der Waals surface area contributed by atoms with E-state index in [0.717, 1.165) is 35.9 Å². The summed E-state index contributed by atoms with van der Waals surface area (Å²) < 4.78 is 12.9. The maximum Gasteiger partial charge on any atom is 0.130 e. The van der Waals surface area contributed by atoms with Gasteiger partial charge in [0.05, 0.1) is 17.3 Å². The highest BCUT2D eigenvalue weighted by Crippen LogP contribution is 2.48. The Morgan fingerprint density at radius 3 is 2.59 bits per heavy atom. The summed E-state index contributed by atoms with van der Waals surface area (Å²) in [5.74, 6) is -0.272. The summed E-state index contributed by atoms with van der Waals surface area (Å²) in [5.41, 5.74) is 2.22. The number of carbonyl (C=O) groups is 1. The zero-order valence-corrected chi connectivity index (χ0v) is 9.11. The topological polar surface area (TPSA) is 45.8 Å². The van der Waals surface area contributed by atoms with Crippen LogP contribution in [0.3, 0.4) is 0 Å². The minimum absolute atomic E-state index is 0.272. The summed E-state index contributed by atoms with van der Waals surface area (Å²) in [7, 11) is 0. The third kappa shape index (κ3) is 1.56. The maximum absolute atomic E-state index is 12.9. The zero-order chi connectivity index (χ0) is 11.9. The van der Waals surface area contributed by atoms with Crippen molar-refractivity contribution in [2.45, 2.75) is 18.3 Å². The summed E-state index contributed by atoms with van der Waals surface area (Å²) >= 11 is 0. The summed E-state index contributed by atoms with van der Waals surface area (Å²) in [6, 6.07) is 6.18. The molecule has 0 spiro atoms. The van der Waals surface area contributed by atoms with Crippen LogP contribution in [-0.2, 0) is 10.2 Å². The molecular weight excluding hydrogens is 219 g/mol. The monoisotopic (exact) mass is 230 g/mol. The molecule has 1 aliphatic rings. The van der Waals surface area contributed by atoms with Crippen LogP contribution in [-0.4, -0.2) is 16.5 Å². The van der Waals surface area contributed by atoms with Crippen LogP contribution in [0.1, 0.15) is 18.4 Å². The number of benzene rings is 1. The van der Waals surface area contributed by atoms with Crippen molar-refractivity contribution in [3.8, 4) is 11.3 Å². The van der Waals surface area contributed by atoms with Crippen LogP contribution in [0.4, 0.5) is 4.39 Å². The number of nitrogens with one attached hydrogen (secondary N) is 1. The Morgan fingerprint density at radius 1 is 1.29 bits per heavy atom. The van der Waals surface area contributed by atoms with E-state index in [1.807, 2.05) is 0 Å². The van der Waals surface area contributed by atoms with E-state index in [1.54, 1.807) is 18.3 Å². The standard InChI is InChI=1S/C13H11FN2O/c14-10-3-1-9(2-4-10)12-11(7-15-16-12)13(8-17)5-6-13/h1-4,7-8H,5-6H2,(H,15,16). The lowest BCUT2D eigenvalue weighted by atomic mass is 9.95. The Morgan fingerprint density at radius 2 is 2.00 bits per heavy atom. The molecule has 1 heterocycles. The van der Waals surface area contributed by atoms with E-state index in [0.29, 0.717) is 0 Å². The van der Waals surface area contributed by atoms with Gasteiger partial charge in [0.15, 0.2) is 0 Å². The minimum atomic E-state index is -0.364. The van der Waals surface area contributed by atoms with E-state index < -0.39 is 0 Å². The average Bonchev–Trinajstić information content (AvgIpc) is 3.00. The first-order valence-electron chi connectivity index (χ1n) is 5.51. The van der Waals surface area contributed by atoms with E-state index >= 15 is 0 Å². The van der Waals surface area contributed by atoms with Crippen molar-refractivity contribution in [2.75, 3.05) is 0 Å². The molecule has 0 unspecified atom stereocenters. The number of aromatic nitrogens is 2. The van der Waals surface area contributed by atoms with Crippen LogP contribution in [0.25, 0.3) is 11.3 Å². The van der Waals surface area contributed by atoms with Gasteiger partial charge in [-0.25, -0.2) is 4.39 Å². The largest absolute Gasteiger partial charge is 0.302 e. The molecule has 0 bridgehead atoms. The van der Waals surface area contributed by atoms with Crippen molar-refractivity contribution in [1.29, 1.82) is 0 Å². The predicted octanol–water partition coefficient (Wildman–Crippen LogP) is 2.45. The Kier molecular flexibility index (Phi) is 2.11. The molecule has 1 fully saturated rings. The van der Waals surface area contributed by atoms with Crippen molar-refractivity contribution < 1.29 is 9.18 Å². The summed E-state index contributed by atoms with van der Waals surface area (Å²) in [4.78, 5) is 11.1. The van der Waals surface area contributed by atoms with Gasteiger partial charge in [-0.05, 0) is 37.1 Å². The van der Waals surface area contributed by atoms with E-state index in [1.165, 1.54) is 12.1 Å². The predicted molar refractivity (Wildman–Crippen MR) is 61.0 cm³/mol. The molecule has 1 N–H and O–H groups in total. The fourth-order valence-corrected chi connectivity index (χ4v) is 2.09. The van der Waals surface area contributed by atoms with Crippen molar-refractivity contribution in [2.24, 2.45) is 0 Å². The van der Waals surface area contributed by atoms with Crippen LogP contribution in [0.2, 0.25) is 0 Å². The number of aldehydes is 1. The average molecular weight is 230 g/mol. The minimum Gasteiger partial charge on any atom is -0.302 e. The highest BCUT2D eigenvalue weighted by atomic mass is 19.1. The Bertz CT molecular complexity index is 555. The van der Waals surface area contributed by atoms with Gasteiger partial charge >= 0.3 is 0 Å². The van der Waals surface area contributed by atoms with E-state index in [-0.39, 0.29) is 11.2 Å². The van der Waals surface area contributed by atoms with Crippen molar-refractivity contribution in [3.63, 3.8) is 0 Å². The summed E-state index contributed by atoms with van der Waals surface area (Å²) in [6.45, 7) is 0. The third-order valence-electron chi connectivity index (χ3n) is 3.32. The molecule has 17 heavy (non-hydrogen) atoms. The molecule has 3 nitrogen and oxygen atoms in total. The number of hydrogen-bond donors (Lipinski definition) is 1. The van der Waals surface area contributed by atoms with Gasteiger partial charge in [-0.2, -0.15) is 5.10 Å². The van der Waals surface area contributed by atoms with E-state index in [9.17, 15) is 9.18 Å². The van der Waals surface area contributed by atoms with Gasteiger partial charge in [-0.1, -0.05) is 0 Å². The number of nitrogens with zero attached hydrogens (tertiary/aromatic N) is 1. The van der Waals surface area contributed by atoms with Crippen LogP contribution in [0, 0.1) is 5.82 Å². The lowest BCUT2D eigenvalue weighted by Crippen LogP contribution is -2.08. The highest BCUT2D eigenvalue weighted by molar-refractivity contribution is 5.78. The van der Waals surface area contributed by atoms with Crippen LogP contribution in [0.15, 0.2) is 30.5 Å². The lowest BCUT2D eigenvalue weighted by molar-refractivity contribution is -0.109. The van der Waals surface area contributed by atoms with Gasteiger partial charge in [-0.3, -0.25) is 5.10 Å². The quantitative estimate of drug-likeness (QED) is 0.823. The van der Waals surface area contributed by atoms with Crippen LogP contribution >= 0.6 is 0 Å². The number of H-pyrrole nitrogens is 1. The smallest absolute Gasteiger partial charge is 0.130 e. The molecule has 3 rings (SSSR count). The Labute approximate surface area is 97.7 Å². The SMILES string of the molecule is O=CC1(c2cn[nH]c2-c2ccc(F)cc2)CC1. The molecule has 0 radical (unpaired) electrons. The Balaban J connectivity index is 2.07. The second kappa shape index (κ2) is 3.52. The fourth-order valence-electron chi connectivity index (χ4n) is 2.09. The molecule has 1 saturated carbocycles. The van der Waals surface area contributed by atoms with Crippen molar-refractivity contribution in [1.82, 2.24) is 10.2 Å². The first-order chi connectivity index (χ1) is 8.25. The number of halogens is 1. The van der Waals surface area contributed by atoms with Crippen molar-refractivity contribution >= 4 is 6.29 Å². The molecule has 86 valence electrons. The highest BCUT2D eigenvalue weighted by Gasteiger charge is 2.46. The number of hydrogen-bond acceptors (Lipinski definition) is 2. The Hall–Kier alpha value is -1.97. The molecule has 1 aromatic carbocycles. The molecule has 0 atom stereocenters. The van der Waals surface area contributed by atoms with Gasteiger partial charge in [-0.15, -0.1) is 0 Å². The van der Waals surface area contributed by atoms with E-state index in [4.69, 9.17) is 0 Å². The van der Waals surface area contributed by atoms with E-state index in [2.05, 4.69) is 10.2 Å². The third-order valence-corrected chi connectivity index (χ3v) is 3.32. The molecule has 4 heteroatoms. The molecule has 0 saturated heterocycles. The van der Waals surface area contributed by atoms with Gasteiger partial charge in [0, 0.05) is 11.1 Å². The molecule has 2 aromatic rings. The second-order valence-corrected chi connectivity index (χ2v) is 4.44. The number of aromatic amines is 1. The zero-order valence-electron chi connectivity index (χ0n) is 9.11. The van der Waals surface area contributed by atoms with Gasteiger partial charge < -0.3 is 4.79 Å². The first kappa shape index (κ1) is 10.2. The molecule has 0 amide bonds. The van der Waals surface area contributed by atoms with Crippen LogP contribution in [0.5, 0.6) is 0 Å². The molecule has 0 aliphatic heterocycles. The van der Waals surface area contributed by atoms with Crippen molar-refractivity contribution in [3.05, 3.63) is 41.8 Å². The summed E-state index contributed by atoms with van der Waals surface area (Å²) in [6.07, 6.45) is 4.42. The number of carbonyl (C=O) groups excluding carboxylic acids is 1. The number of rotatable bonds is 3. The van der Waals surface area contributed by atoms with Gasteiger partial charge in [0.1, 0.15) is 12.1 Å². The lowest BCUT2D eigenvalue weighted by Gasteiger charge is -2.07.